The summed E-state index contributed by atoms with van der Waals surface area (Å²) in [6, 6.07) is 10.7. The van der Waals surface area contributed by atoms with Crippen molar-refractivity contribution in [2.75, 3.05) is 13.1 Å². The molecule has 0 unspecified atom stereocenters. The van der Waals surface area contributed by atoms with Crippen molar-refractivity contribution in [3.8, 4) is 6.07 Å². The second-order valence-corrected chi connectivity index (χ2v) is 5.83. The molecule has 1 heterocycles. The van der Waals surface area contributed by atoms with Crippen molar-refractivity contribution in [2.24, 2.45) is 11.8 Å². The lowest BCUT2D eigenvalue weighted by molar-refractivity contribution is 0.249. The normalized spacial score (nSPS) is 27.8. The highest BCUT2D eigenvalue weighted by atomic mass is 15.2. The van der Waals surface area contributed by atoms with E-state index in [4.69, 9.17) is 5.26 Å². The summed E-state index contributed by atoms with van der Waals surface area (Å²) in [6.45, 7) is 4.72. The minimum absolute atomic E-state index is 0.457. The first-order valence-corrected chi connectivity index (χ1v) is 7.17. The number of rotatable bonds is 2. The van der Waals surface area contributed by atoms with E-state index in [1.54, 1.807) is 0 Å². The molecule has 0 amide bonds. The van der Waals surface area contributed by atoms with Gasteiger partial charge in [0.25, 0.3) is 0 Å². The maximum absolute atomic E-state index is 8.85. The van der Waals surface area contributed by atoms with Crippen molar-refractivity contribution >= 4 is 0 Å². The lowest BCUT2D eigenvalue weighted by Gasteiger charge is -2.24. The maximum atomic E-state index is 8.85. The van der Waals surface area contributed by atoms with Crippen molar-refractivity contribution < 1.29 is 0 Å². The maximum Gasteiger partial charge on any atom is 0.0991 e. The summed E-state index contributed by atoms with van der Waals surface area (Å²) >= 11 is 0. The molecule has 1 aliphatic carbocycles. The van der Waals surface area contributed by atoms with Gasteiger partial charge in [-0.2, -0.15) is 5.26 Å². The number of fused-ring (bicyclic) bond motifs is 1. The fourth-order valence-electron chi connectivity index (χ4n) is 3.41. The van der Waals surface area contributed by atoms with E-state index in [0.717, 1.165) is 17.4 Å². The number of hydrogen-bond acceptors (Lipinski definition) is 2. The Hall–Kier alpha value is -1.59. The molecule has 1 aromatic rings. The summed E-state index contributed by atoms with van der Waals surface area (Å²) in [5.74, 6) is 1.71. The first-order valence-electron chi connectivity index (χ1n) is 7.17. The van der Waals surface area contributed by atoms with Gasteiger partial charge in [-0.25, -0.2) is 0 Å². The molecule has 0 N–H and O–H groups in total. The number of likely N-dealkylation sites (tertiary alicyclic amines) is 1. The predicted octanol–water partition coefficient (Wildman–Crippen LogP) is 3.52. The van der Waals surface area contributed by atoms with E-state index in [0.29, 0.717) is 6.04 Å². The quantitative estimate of drug-likeness (QED) is 0.753. The average molecular weight is 252 g/mol. The van der Waals surface area contributed by atoms with E-state index in [1.165, 1.54) is 31.5 Å². The molecule has 2 heteroatoms. The molecule has 2 aliphatic rings. The molecule has 1 fully saturated rings. The fraction of sp³-hybridized carbons (Fsp3) is 0.471. The fourth-order valence-corrected chi connectivity index (χ4v) is 3.41. The largest absolute Gasteiger partial charge is 0.296 e. The van der Waals surface area contributed by atoms with Crippen LogP contribution in [-0.2, 0) is 0 Å². The second-order valence-electron chi connectivity index (χ2n) is 5.83. The van der Waals surface area contributed by atoms with Crippen LogP contribution in [0.2, 0.25) is 0 Å². The SMILES string of the molecule is C[C@H](c1ccc(C#N)cc1)N1C[C@H]2CC=CC[C@H]2C1. The van der Waals surface area contributed by atoms with Crippen LogP contribution in [0.3, 0.4) is 0 Å². The van der Waals surface area contributed by atoms with Gasteiger partial charge in [-0.15, -0.1) is 0 Å². The zero-order valence-corrected chi connectivity index (χ0v) is 11.4. The van der Waals surface area contributed by atoms with Gasteiger partial charge >= 0.3 is 0 Å². The van der Waals surface area contributed by atoms with Crippen LogP contribution in [0.25, 0.3) is 0 Å². The Bertz CT molecular complexity index is 493. The van der Waals surface area contributed by atoms with Gasteiger partial charge < -0.3 is 0 Å². The molecular formula is C17H20N2. The Kier molecular flexibility index (Phi) is 3.40. The molecular weight excluding hydrogens is 232 g/mol. The predicted molar refractivity (Wildman–Crippen MR) is 76.5 cm³/mol. The zero-order valence-electron chi connectivity index (χ0n) is 11.4. The van der Waals surface area contributed by atoms with Gasteiger partial charge in [0.05, 0.1) is 11.6 Å². The van der Waals surface area contributed by atoms with E-state index in [9.17, 15) is 0 Å². The summed E-state index contributed by atoms with van der Waals surface area (Å²) in [5.41, 5.74) is 2.07. The number of benzene rings is 1. The Morgan fingerprint density at radius 1 is 1.11 bits per heavy atom. The molecule has 1 aliphatic heterocycles. The third kappa shape index (κ3) is 2.43. The van der Waals surface area contributed by atoms with Crippen LogP contribution in [0, 0.1) is 23.2 Å². The highest BCUT2D eigenvalue weighted by Crippen LogP contribution is 2.36. The van der Waals surface area contributed by atoms with Crippen LogP contribution in [0.1, 0.15) is 36.9 Å². The molecule has 0 bridgehead atoms. The molecule has 98 valence electrons. The summed E-state index contributed by atoms with van der Waals surface area (Å²) in [5, 5.41) is 8.85. The number of hydrogen-bond donors (Lipinski definition) is 0. The zero-order chi connectivity index (χ0) is 13.2. The summed E-state index contributed by atoms with van der Waals surface area (Å²) in [7, 11) is 0. The number of allylic oxidation sites excluding steroid dienone is 2. The van der Waals surface area contributed by atoms with Crippen molar-refractivity contribution in [1.29, 1.82) is 5.26 Å². The van der Waals surface area contributed by atoms with Gasteiger partial charge in [0.15, 0.2) is 0 Å². The van der Waals surface area contributed by atoms with E-state index < -0.39 is 0 Å². The third-order valence-electron chi connectivity index (χ3n) is 4.72. The molecule has 2 nitrogen and oxygen atoms in total. The molecule has 0 spiro atoms. The third-order valence-corrected chi connectivity index (χ3v) is 4.72. The molecule has 1 saturated heterocycles. The number of nitrogens with zero attached hydrogens (tertiary/aromatic N) is 2. The van der Waals surface area contributed by atoms with E-state index >= 15 is 0 Å². The van der Waals surface area contributed by atoms with Gasteiger partial charge in [0, 0.05) is 19.1 Å². The van der Waals surface area contributed by atoms with Gasteiger partial charge in [0.1, 0.15) is 0 Å². The van der Waals surface area contributed by atoms with Crippen LogP contribution >= 0.6 is 0 Å². The molecule has 0 radical (unpaired) electrons. The molecule has 0 aromatic heterocycles. The van der Waals surface area contributed by atoms with Crippen LogP contribution in [0.5, 0.6) is 0 Å². The number of nitriles is 1. The minimum Gasteiger partial charge on any atom is -0.296 e. The lowest BCUT2D eigenvalue weighted by atomic mass is 9.86. The molecule has 0 saturated carbocycles. The summed E-state index contributed by atoms with van der Waals surface area (Å²) in [4.78, 5) is 2.60. The van der Waals surface area contributed by atoms with Gasteiger partial charge in [0.2, 0.25) is 0 Å². The Morgan fingerprint density at radius 2 is 1.68 bits per heavy atom. The molecule has 19 heavy (non-hydrogen) atoms. The van der Waals surface area contributed by atoms with Gasteiger partial charge in [-0.05, 0) is 49.3 Å². The first kappa shape index (κ1) is 12.4. The van der Waals surface area contributed by atoms with E-state index in [2.05, 4.69) is 42.2 Å². The van der Waals surface area contributed by atoms with E-state index in [-0.39, 0.29) is 0 Å². The Labute approximate surface area is 115 Å². The van der Waals surface area contributed by atoms with Crippen LogP contribution < -0.4 is 0 Å². The summed E-state index contributed by atoms with van der Waals surface area (Å²) < 4.78 is 0. The van der Waals surface area contributed by atoms with Gasteiger partial charge in [-0.3, -0.25) is 4.90 Å². The second kappa shape index (κ2) is 5.19. The molecule has 3 atom stereocenters. The standard InChI is InChI=1S/C17H20N2/c1-13(15-8-6-14(10-18)7-9-15)19-11-16-4-2-3-5-17(16)12-19/h2-3,6-9,13,16-17H,4-5,11-12H2,1H3/t13-,16-,17+/m1/s1. The minimum atomic E-state index is 0.457. The lowest BCUT2D eigenvalue weighted by Crippen LogP contribution is -2.24. The van der Waals surface area contributed by atoms with Crippen molar-refractivity contribution in [1.82, 2.24) is 4.90 Å². The summed E-state index contributed by atoms with van der Waals surface area (Å²) in [6.07, 6.45) is 7.19. The van der Waals surface area contributed by atoms with Crippen LogP contribution in [0.15, 0.2) is 36.4 Å². The van der Waals surface area contributed by atoms with Crippen LogP contribution in [0.4, 0.5) is 0 Å². The van der Waals surface area contributed by atoms with Crippen molar-refractivity contribution in [3.05, 3.63) is 47.5 Å². The monoisotopic (exact) mass is 252 g/mol. The van der Waals surface area contributed by atoms with Crippen molar-refractivity contribution in [2.45, 2.75) is 25.8 Å². The molecule has 1 aromatic carbocycles. The average Bonchev–Trinajstić information content (AvgIpc) is 2.90. The van der Waals surface area contributed by atoms with Crippen LogP contribution in [-0.4, -0.2) is 18.0 Å². The first-order chi connectivity index (χ1) is 9.28. The Morgan fingerprint density at radius 3 is 2.21 bits per heavy atom. The highest BCUT2D eigenvalue weighted by Gasteiger charge is 2.34. The highest BCUT2D eigenvalue weighted by molar-refractivity contribution is 5.32. The van der Waals surface area contributed by atoms with Crippen molar-refractivity contribution in [3.63, 3.8) is 0 Å². The Balaban J connectivity index is 1.71. The van der Waals surface area contributed by atoms with Gasteiger partial charge in [-0.1, -0.05) is 24.3 Å². The molecule has 3 rings (SSSR count). The smallest absolute Gasteiger partial charge is 0.0991 e. The topological polar surface area (TPSA) is 27.0 Å². The van der Waals surface area contributed by atoms with E-state index in [1.807, 2.05) is 12.1 Å².